The number of pyridine rings is 1. The van der Waals surface area contributed by atoms with Crippen LogP contribution in [-0.2, 0) is 12.8 Å². The van der Waals surface area contributed by atoms with Crippen molar-refractivity contribution >= 4 is 0 Å². The van der Waals surface area contributed by atoms with E-state index in [1.54, 1.807) is 4.68 Å². The summed E-state index contributed by atoms with van der Waals surface area (Å²) in [5.41, 5.74) is 3.65. The van der Waals surface area contributed by atoms with Gasteiger partial charge in [0.2, 0.25) is 0 Å². The van der Waals surface area contributed by atoms with E-state index in [-0.39, 0.29) is 11.6 Å². The first-order chi connectivity index (χ1) is 12.7. The topological polar surface area (TPSA) is 59.8 Å². The quantitative estimate of drug-likeness (QED) is 0.917. The maximum atomic E-state index is 12.5. The van der Waals surface area contributed by atoms with Crippen LogP contribution in [0.5, 0.6) is 0 Å². The zero-order valence-electron chi connectivity index (χ0n) is 15.5. The van der Waals surface area contributed by atoms with Crippen molar-refractivity contribution < 1.29 is 0 Å². The summed E-state index contributed by atoms with van der Waals surface area (Å²) in [7, 11) is 0. The third-order valence-electron chi connectivity index (χ3n) is 5.95. The molecular weight excluding hydrogens is 324 g/mol. The third kappa shape index (κ3) is 3.73. The lowest BCUT2D eigenvalue weighted by molar-refractivity contribution is 0.257. The summed E-state index contributed by atoms with van der Waals surface area (Å²) in [5, 5.41) is 8.47. The number of rotatable bonds is 4. The van der Waals surface area contributed by atoms with E-state index in [1.165, 1.54) is 24.0 Å². The summed E-state index contributed by atoms with van der Waals surface area (Å²) in [6.45, 7) is 2.19. The van der Waals surface area contributed by atoms with Crippen molar-refractivity contribution in [1.29, 1.82) is 0 Å². The molecule has 1 atom stereocenters. The van der Waals surface area contributed by atoms with Gasteiger partial charge in [-0.1, -0.05) is 6.07 Å². The number of aromatic nitrogens is 3. The number of nitrogens with zero attached hydrogens (tertiary/aromatic N) is 3. The molecule has 5 heteroatoms. The molecule has 2 heterocycles. The lowest BCUT2D eigenvalue weighted by atomic mass is 9.90. The van der Waals surface area contributed by atoms with Crippen molar-refractivity contribution in [3.05, 3.63) is 57.8 Å². The molecule has 0 spiro atoms. The fourth-order valence-electron chi connectivity index (χ4n) is 4.41. The molecule has 2 aliphatic carbocycles. The van der Waals surface area contributed by atoms with Gasteiger partial charge < -0.3 is 5.32 Å². The van der Waals surface area contributed by atoms with Gasteiger partial charge in [0.25, 0.3) is 5.56 Å². The molecule has 0 saturated heterocycles. The first-order valence-corrected chi connectivity index (χ1v) is 9.98. The molecule has 1 N–H and O–H groups in total. The Kier molecular flexibility index (Phi) is 5.16. The van der Waals surface area contributed by atoms with Crippen molar-refractivity contribution in [3.8, 4) is 0 Å². The second-order valence-electron chi connectivity index (χ2n) is 7.79. The van der Waals surface area contributed by atoms with Gasteiger partial charge in [-0.15, -0.1) is 0 Å². The zero-order valence-corrected chi connectivity index (χ0v) is 15.5. The summed E-state index contributed by atoms with van der Waals surface area (Å²) in [5.74, 6) is 0. The molecule has 2 aromatic rings. The average Bonchev–Trinajstić information content (AvgIpc) is 2.69. The van der Waals surface area contributed by atoms with Gasteiger partial charge in [0.05, 0.1) is 11.7 Å². The number of nitrogens with one attached hydrogen (secondary N) is 1. The van der Waals surface area contributed by atoms with Crippen molar-refractivity contribution in [2.45, 2.75) is 76.4 Å². The minimum absolute atomic E-state index is 0.0887. The van der Waals surface area contributed by atoms with E-state index in [0.717, 1.165) is 44.2 Å². The Morgan fingerprint density at radius 1 is 1.19 bits per heavy atom. The number of aryl methyl sites for hydroxylation is 2. The number of hydrogen-bond donors (Lipinski definition) is 1. The molecule has 138 valence electrons. The Bertz CT molecular complexity index is 793. The lowest BCUT2D eigenvalue weighted by Gasteiger charge is -2.32. The lowest BCUT2D eigenvalue weighted by Crippen LogP contribution is -2.38. The maximum Gasteiger partial charge on any atom is 0.267 e. The molecule has 2 aliphatic rings. The molecule has 1 fully saturated rings. The summed E-state index contributed by atoms with van der Waals surface area (Å²) in [4.78, 5) is 16.7. The van der Waals surface area contributed by atoms with E-state index >= 15 is 0 Å². The second kappa shape index (κ2) is 7.70. The molecular formula is C21H28N4O. The van der Waals surface area contributed by atoms with Crippen molar-refractivity contribution in [3.63, 3.8) is 0 Å². The Morgan fingerprint density at radius 2 is 2.00 bits per heavy atom. The third-order valence-corrected chi connectivity index (χ3v) is 5.95. The molecule has 1 unspecified atom stereocenters. The van der Waals surface area contributed by atoms with Crippen molar-refractivity contribution in [2.24, 2.45) is 0 Å². The van der Waals surface area contributed by atoms with Crippen molar-refractivity contribution in [2.75, 3.05) is 0 Å². The average molecular weight is 352 g/mol. The van der Waals surface area contributed by atoms with Crippen LogP contribution in [0.25, 0.3) is 0 Å². The van der Waals surface area contributed by atoms with Gasteiger partial charge in [-0.2, -0.15) is 5.10 Å². The standard InChI is InChI=1S/C21H28N4O/c1-15(17-6-4-12-22-14-17)23-18-8-10-19(11-9-18)25-21(26)13-16-5-2-3-7-20(16)24-25/h4,6,12-15,18-19,23H,2-3,5,7-11H2,1H3. The smallest absolute Gasteiger partial charge is 0.267 e. The normalized spacial score (nSPS) is 24.0. The van der Waals surface area contributed by atoms with Crippen LogP contribution in [0.15, 0.2) is 35.4 Å². The molecule has 0 amide bonds. The molecule has 1 saturated carbocycles. The highest BCUT2D eigenvalue weighted by molar-refractivity contribution is 5.20. The number of hydrogen-bond acceptors (Lipinski definition) is 4. The van der Waals surface area contributed by atoms with Gasteiger partial charge in [0, 0.05) is 30.5 Å². The monoisotopic (exact) mass is 352 g/mol. The fraction of sp³-hybridized carbons (Fsp3) is 0.571. The molecule has 0 aliphatic heterocycles. The summed E-state index contributed by atoms with van der Waals surface area (Å²) < 4.78 is 1.78. The maximum absolute atomic E-state index is 12.5. The first kappa shape index (κ1) is 17.4. The largest absolute Gasteiger partial charge is 0.307 e. The van der Waals surface area contributed by atoms with Gasteiger partial charge >= 0.3 is 0 Å². The van der Waals surface area contributed by atoms with E-state index in [2.05, 4.69) is 23.3 Å². The van der Waals surface area contributed by atoms with Crippen molar-refractivity contribution in [1.82, 2.24) is 20.1 Å². The molecule has 4 rings (SSSR count). The van der Waals surface area contributed by atoms with Gasteiger partial charge in [-0.25, -0.2) is 4.68 Å². The predicted octanol–water partition coefficient (Wildman–Crippen LogP) is 3.35. The van der Waals surface area contributed by atoms with Crippen LogP contribution in [0.1, 0.15) is 74.4 Å². The predicted molar refractivity (Wildman–Crippen MR) is 102 cm³/mol. The first-order valence-electron chi connectivity index (χ1n) is 9.98. The van der Waals surface area contributed by atoms with Crippen LogP contribution in [0.2, 0.25) is 0 Å². The number of fused-ring (bicyclic) bond motifs is 1. The van der Waals surface area contributed by atoms with E-state index in [0.29, 0.717) is 12.1 Å². The van der Waals surface area contributed by atoms with E-state index in [4.69, 9.17) is 5.10 Å². The van der Waals surface area contributed by atoms with Gasteiger partial charge in [-0.3, -0.25) is 9.78 Å². The SMILES string of the molecule is CC(NC1CCC(n2nc3c(cc2=O)CCCC3)CC1)c1cccnc1. The molecule has 2 aromatic heterocycles. The Hall–Kier alpha value is -2.01. The Balaban J connectivity index is 1.39. The summed E-state index contributed by atoms with van der Waals surface area (Å²) in [6.07, 6.45) is 12.4. The summed E-state index contributed by atoms with van der Waals surface area (Å²) in [6, 6.07) is 6.99. The zero-order chi connectivity index (χ0) is 17.9. The van der Waals surface area contributed by atoms with E-state index < -0.39 is 0 Å². The highest BCUT2D eigenvalue weighted by Crippen LogP contribution is 2.29. The minimum Gasteiger partial charge on any atom is -0.307 e. The van der Waals surface area contributed by atoms with E-state index in [1.807, 2.05) is 24.5 Å². The van der Waals surface area contributed by atoms with Gasteiger partial charge in [-0.05, 0) is 75.5 Å². The van der Waals surface area contributed by atoms with Crippen LogP contribution >= 0.6 is 0 Å². The van der Waals surface area contributed by atoms with Crippen LogP contribution < -0.4 is 10.9 Å². The fourth-order valence-corrected chi connectivity index (χ4v) is 4.41. The molecule has 0 bridgehead atoms. The summed E-state index contributed by atoms with van der Waals surface area (Å²) >= 11 is 0. The Labute approximate surface area is 154 Å². The molecule has 0 aromatic carbocycles. The van der Waals surface area contributed by atoms with Crippen LogP contribution in [0, 0.1) is 0 Å². The molecule has 5 nitrogen and oxygen atoms in total. The van der Waals surface area contributed by atoms with Gasteiger partial charge in [0.15, 0.2) is 0 Å². The van der Waals surface area contributed by atoms with Crippen LogP contribution in [0.3, 0.4) is 0 Å². The molecule has 0 radical (unpaired) electrons. The molecule has 26 heavy (non-hydrogen) atoms. The van der Waals surface area contributed by atoms with Gasteiger partial charge in [0.1, 0.15) is 0 Å². The highest BCUT2D eigenvalue weighted by Gasteiger charge is 2.26. The highest BCUT2D eigenvalue weighted by atomic mass is 16.1. The van der Waals surface area contributed by atoms with Crippen LogP contribution in [0.4, 0.5) is 0 Å². The van der Waals surface area contributed by atoms with Crippen LogP contribution in [-0.4, -0.2) is 20.8 Å². The second-order valence-corrected chi connectivity index (χ2v) is 7.79. The van der Waals surface area contributed by atoms with E-state index in [9.17, 15) is 4.79 Å². The minimum atomic E-state index is 0.0887. The Morgan fingerprint density at radius 3 is 2.77 bits per heavy atom.